The van der Waals surface area contributed by atoms with Crippen molar-refractivity contribution in [3.63, 3.8) is 0 Å². The quantitative estimate of drug-likeness (QED) is 0.260. The zero-order valence-electron chi connectivity index (χ0n) is 16.9. The summed E-state index contributed by atoms with van der Waals surface area (Å²) >= 11 is 0. The minimum absolute atomic E-state index is 0.0973. The lowest BCUT2D eigenvalue weighted by molar-refractivity contribution is -0.142. The Hall–Kier alpha value is -1.52. The Balaban J connectivity index is 3.80. The third kappa shape index (κ3) is 12.8. The molecule has 0 spiro atoms. The summed E-state index contributed by atoms with van der Waals surface area (Å²) in [6.45, 7) is 7.76. The molecular weight excluding hydrogens is 330 g/mol. The highest BCUT2D eigenvalue weighted by Crippen LogP contribution is 2.13. The van der Waals surface area contributed by atoms with Crippen LogP contribution in [0.4, 0.5) is 4.79 Å². The molecule has 0 rings (SSSR count). The van der Waals surface area contributed by atoms with E-state index in [0.29, 0.717) is 6.54 Å². The Morgan fingerprint density at radius 1 is 0.962 bits per heavy atom. The monoisotopic (exact) mass is 369 g/mol. The fourth-order valence-corrected chi connectivity index (χ4v) is 2.91. The van der Waals surface area contributed by atoms with E-state index in [9.17, 15) is 9.59 Å². The van der Waals surface area contributed by atoms with Crippen molar-refractivity contribution in [1.82, 2.24) is 4.90 Å². The SMILES string of the molecule is C=CCOC(=O)N(CCCCCCCCCCCCCC)C(C)C(=O)O. The number of aliphatic carboxylic acids is 1. The van der Waals surface area contributed by atoms with Crippen LogP contribution in [0.15, 0.2) is 12.7 Å². The van der Waals surface area contributed by atoms with E-state index >= 15 is 0 Å². The second-order valence-corrected chi connectivity index (χ2v) is 6.96. The smallest absolute Gasteiger partial charge is 0.410 e. The molecule has 0 aromatic carbocycles. The van der Waals surface area contributed by atoms with E-state index in [1.54, 1.807) is 0 Å². The van der Waals surface area contributed by atoms with Crippen molar-refractivity contribution in [2.45, 2.75) is 96.9 Å². The normalized spacial score (nSPS) is 11.8. The van der Waals surface area contributed by atoms with Gasteiger partial charge < -0.3 is 9.84 Å². The molecule has 0 aromatic heterocycles. The van der Waals surface area contributed by atoms with E-state index in [0.717, 1.165) is 19.3 Å². The largest absolute Gasteiger partial charge is 0.480 e. The number of rotatable bonds is 17. The Morgan fingerprint density at radius 3 is 1.85 bits per heavy atom. The molecule has 26 heavy (non-hydrogen) atoms. The van der Waals surface area contributed by atoms with Gasteiger partial charge in [0.2, 0.25) is 0 Å². The maximum Gasteiger partial charge on any atom is 0.410 e. The number of carbonyl (C=O) groups is 2. The van der Waals surface area contributed by atoms with E-state index in [4.69, 9.17) is 9.84 Å². The minimum atomic E-state index is -1.01. The molecule has 5 heteroatoms. The van der Waals surface area contributed by atoms with Gasteiger partial charge in [0.25, 0.3) is 0 Å². The number of hydrogen-bond acceptors (Lipinski definition) is 3. The third-order valence-electron chi connectivity index (χ3n) is 4.64. The fourth-order valence-electron chi connectivity index (χ4n) is 2.91. The van der Waals surface area contributed by atoms with Crippen LogP contribution in [0.5, 0.6) is 0 Å². The van der Waals surface area contributed by atoms with Gasteiger partial charge in [0, 0.05) is 6.54 Å². The highest BCUT2D eigenvalue weighted by Gasteiger charge is 2.25. The molecule has 0 radical (unpaired) electrons. The van der Waals surface area contributed by atoms with E-state index in [-0.39, 0.29) is 6.61 Å². The zero-order chi connectivity index (χ0) is 19.6. The predicted molar refractivity (Wildman–Crippen MR) is 106 cm³/mol. The van der Waals surface area contributed by atoms with Crippen LogP contribution in [-0.4, -0.2) is 41.3 Å². The number of nitrogens with zero attached hydrogens (tertiary/aromatic N) is 1. The molecule has 0 aliphatic rings. The maximum atomic E-state index is 12.0. The van der Waals surface area contributed by atoms with Crippen LogP contribution in [0.1, 0.15) is 90.9 Å². The lowest BCUT2D eigenvalue weighted by atomic mass is 10.1. The molecule has 5 nitrogen and oxygen atoms in total. The second kappa shape index (κ2) is 16.9. The van der Waals surface area contributed by atoms with Crippen molar-refractivity contribution in [3.05, 3.63) is 12.7 Å². The Kier molecular flexibility index (Phi) is 15.9. The summed E-state index contributed by atoms with van der Waals surface area (Å²) in [4.78, 5) is 24.4. The average molecular weight is 370 g/mol. The van der Waals surface area contributed by atoms with Gasteiger partial charge in [0.05, 0.1) is 0 Å². The summed E-state index contributed by atoms with van der Waals surface area (Å²) in [5, 5.41) is 9.15. The molecule has 152 valence electrons. The third-order valence-corrected chi connectivity index (χ3v) is 4.64. The van der Waals surface area contributed by atoms with Crippen LogP contribution >= 0.6 is 0 Å². The summed E-state index contributed by atoms with van der Waals surface area (Å²) in [7, 11) is 0. The van der Waals surface area contributed by atoms with Gasteiger partial charge in [0.15, 0.2) is 0 Å². The summed E-state index contributed by atoms with van der Waals surface area (Å²) in [6, 6.07) is -0.875. The van der Waals surface area contributed by atoms with E-state index in [1.807, 2.05) is 0 Å². The van der Waals surface area contributed by atoms with Gasteiger partial charge >= 0.3 is 12.1 Å². The maximum absolute atomic E-state index is 12.0. The fraction of sp³-hybridized carbons (Fsp3) is 0.810. The Bertz CT molecular complexity index is 384. The van der Waals surface area contributed by atoms with Crippen molar-refractivity contribution in [1.29, 1.82) is 0 Å². The average Bonchev–Trinajstić information content (AvgIpc) is 2.63. The first-order valence-corrected chi connectivity index (χ1v) is 10.3. The predicted octanol–water partition coefficient (Wildman–Crippen LogP) is 5.79. The van der Waals surface area contributed by atoms with Gasteiger partial charge in [-0.15, -0.1) is 0 Å². The van der Waals surface area contributed by atoms with Gasteiger partial charge in [-0.05, 0) is 13.3 Å². The number of unbranched alkanes of at least 4 members (excludes halogenated alkanes) is 11. The van der Waals surface area contributed by atoms with Crippen LogP contribution < -0.4 is 0 Å². The standard InChI is InChI=1S/C21H39NO4/c1-4-6-7-8-9-10-11-12-13-14-15-16-17-22(19(3)20(23)24)21(25)26-18-5-2/h5,19H,2,4,6-18H2,1,3H3,(H,23,24). The molecule has 0 fully saturated rings. The lowest BCUT2D eigenvalue weighted by Gasteiger charge is -2.25. The van der Waals surface area contributed by atoms with Crippen LogP contribution in [0, 0.1) is 0 Å². The number of carboxylic acid groups (broad SMARTS) is 1. The van der Waals surface area contributed by atoms with Gasteiger partial charge in [0.1, 0.15) is 12.6 Å². The summed E-state index contributed by atoms with van der Waals surface area (Å²) in [5.41, 5.74) is 0. The van der Waals surface area contributed by atoms with E-state index in [1.165, 1.54) is 75.7 Å². The van der Waals surface area contributed by atoms with Gasteiger partial charge in [-0.25, -0.2) is 9.59 Å². The van der Waals surface area contributed by atoms with Crippen LogP contribution in [-0.2, 0) is 9.53 Å². The van der Waals surface area contributed by atoms with Crippen molar-refractivity contribution < 1.29 is 19.4 Å². The molecule has 1 unspecified atom stereocenters. The topological polar surface area (TPSA) is 66.8 Å². The van der Waals surface area contributed by atoms with Crippen molar-refractivity contribution in [2.24, 2.45) is 0 Å². The van der Waals surface area contributed by atoms with Gasteiger partial charge in [-0.2, -0.15) is 0 Å². The summed E-state index contributed by atoms with van der Waals surface area (Å²) in [5.74, 6) is -1.01. The van der Waals surface area contributed by atoms with E-state index in [2.05, 4.69) is 13.5 Å². The van der Waals surface area contributed by atoms with Gasteiger partial charge in [-0.1, -0.05) is 90.2 Å². The molecular formula is C21H39NO4. The molecule has 1 amide bonds. The molecule has 0 aromatic rings. The number of carbonyl (C=O) groups excluding carboxylic acids is 1. The number of ether oxygens (including phenoxy) is 1. The first kappa shape index (κ1) is 24.5. The highest BCUT2D eigenvalue weighted by atomic mass is 16.6. The molecule has 1 atom stereocenters. The number of carboxylic acids is 1. The van der Waals surface area contributed by atoms with Crippen LogP contribution in [0.2, 0.25) is 0 Å². The first-order chi connectivity index (χ1) is 12.5. The van der Waals surface area contributed by atoms with Crippen LogP contribution in [0.3, 0.4) is 0 Å². The second-order valence-electron chi connectivity index (χ2n) is 6.96. The zero-order valence-corrected chi connectivity index (χ0v) is 16.9. The minimum Gasteiger partial charge on any atom is -0.480 e. The first-order valence-electron chi connectivity index (χ1n) is 10.3. The number of amides is 1. The Morgan fingerprint density at radius 2 is 1.42 bits per heavy atom. The molecule has 0 bridgehead atoms. The Labute approximate surface area is 159 Å². The van der Waals surface area contributed by atoms with Crippen molar-refractivity contribution in [3.8, 4) is 0 Å². The molecule has 0 aliphatic carbocycles. The molecule has 0 heterocycles. The molecule has 1 N–H and O–H groups in total. The van der Waals surface area contributed by atoms with Gasteiger partial charge in [-0.3, -0.25) is 4.90 Å². The van der Waals surface area contributed by atoms with Crippen LogP contribution in [0.25, 0.3) is 0 Å². The summed E-state index contributed by atoms with van der Waals surface area (Å²) in [6.07, 6.45) is 15.7. The highest BCUT2D eigenvalue weighted by molar-refractivity contribution is 5.79. The summed E-state index contributed by atoms with van der Waals surface area (Å²) < 4.78 is 4.99. The molecule has 0 saturated carbocycles. The molecule has 0 aliphatic heterocycles. The van der Waals surface area contributed by atoms with E-state index < -0.39 is 18.1 Å². The van der Waals surface area contributed by atoms with Crippen molar-refractivity contribution in [2.75, 3.05) is 13.2 Å². The lowest BCUT2D eigenvalue weighted by Crippen LogP contribution is -2.44. The van der Waals surface area contributed by atoms with Crippen molar-refractivity contribution >= 4 is 12.1 Å². The molecule has 0 saturated heterocycles. The number of hydrogen-bond donors (Lipinski definition) is 1.